The molecule has 0 spiro atoms. The molecule has 1 aliphatic rings. The average Bonchev–Trinajstić information content (AvgIpc) is 3.12. The topological polar surface area (TPSA) is 57.7 Å². The van der Waals surface area contributed by atoms with Crippen LogP contribution in [-0.4, -0.2) is 48.6 Å². The molecule has 1 fully saturated rings. The first-order chi connectivity index (χ1) is 17.4. The minimum atomic E-state index is -4.42. The lowest BCUT2D eigenvalue weighted by Gasteiger charge is -2.30. The van der Waals surface area contributed by atoms with Crippen molar-refractivity contribution in [3.8, 4) is 5.75 Å². The Kier molecular flexibility index (Phi) is 8.10. The number of benzene rings is 2. The Morgan fingerprint density at radius 3 is 2.44 bits per heavy atom. The van der Waals surface area contributed by atoms with Crippen LogP contribution in [0.15, 0.2) is 72.9 Å². The fourth-order valence-corrected chi connectivity index (χ4v) is 4.38. The Labute approximate surface area is 208 Å². The summed E-state index contributed by atoms with van der Waals surface area (Å²) >= 11 is 0. The van der Waals surface area contributed by atoms with E-state index in [1.165, 1.54) is 6.07 Å². The van der Waals surface area contributed by atoms with Crippen LogP contribution in [0.3, 0.4) is 0 Å². The van der Waals surface area contributed by atoms with Gasteiger partial charge in [-0.25, -0.2) is 4.98 Å². The smallest absolute Gasteiger partial charge is 0.417 e. The monoisotopic (exact) mass is 498 g/mol. The number of para-hydroxylation sites is 2. The number of hydrogen-bond donors (Lipinski definition) is 1. The zero-order valence-corrected chi connectivity index (χ0v) is 20.0. The molecular weight excluding hydrogens is 469 g/mol. The lowest BCUT2D eigenvalue weighted by atomic mass is 10.0. The summed E-state index contributed by atoms with van der Waals surface area (Å²) < 4.78 is 44.4. The number of anilines is 2. The SMILES string of the molecule is CCOc1ccccc1NC(=O)C(c1ccccc1)N1CCCN(c2ccc(C(F)(F)F)cn2)CC1. The molecule has 4 rings (SSSR count). The molecule has 1 amide bonds. The first-order valence-electron chi connectivity index (χ1n) is 12.0. The van der Waals surface area contributed by atoms with Gasteiger partial charge in [0.15, 0.2) is 0 Å². The van der Waals surface area contributed by atoms with Gasteiger partial charge in [-0.2, -0.15) is 13.2 Å². The first-order valence-corrected chi connectivity index (χ1v) is 12.0. The van der Waals surface area contributed by atoms with Crippen molar-refractivity contribution in [2.45, 2.75) is 25.6 Å². The Morgan fingerprint density at radius 1 is 1.00 bits per heavy atom. The second-order valence-electron chi connectivity index (χ2n) is 8.51. The molecule has 1 aromatic heterocycles. The number of carbonyl (C=O) groups is 1. The number of ether oxygens (including phenoxy) is 1. The highest BCUT2D eigenvalue weighted by Crippen LogP contribution is 2.31. The largest absolute Gasteiger partial charge is 0.492 e. The van der Waals surface area contributed by atoms with Crippen LogP contribution in [0, 0.1) is 0 Å². The number of carbonyl (C=O) groups excluding carboxylic acids is 1. The first kappa shape index (κ1) is 25.5. The molecule has 0 bridgehead atoms. The van der Waals surface area contributed by atoms with Crippen molar-refractivity contribution < 1.29 is 22.7 Å². The minimum Gasteiger partial charge on any atom is -0.492 e. The van der Waals surface area contributed by atoms with E-state index in [9.17, 15) is 18.0 Å². The number of halogens is 3. The van der Waals surface area contributed by atoms with Gasteiger partial charge < -0.3 is 15.0 Å². The predicted molar refractivity (Wildman–Crippen MR) is 133 cm³/mol. The van der Waals surface area contributed by atoms with Gasteiger partial charge in [0.1, 0.15) is 17.6 Å². The summed E-state index contributed by atoms with van der Waals surface area (Å²) in [7, 11) is 0. The number of alkyl halides is 3. The van der Waals surface area contributed by atoms with E-state index in [0.29, 0.717) is 50.0 Å². The van der Waals surface area contributed by atoms with Crippen LogP contribution in [0.25, 0.3) is 0 Å². The lowest BCUT2D eigenvalue weighted by molar-refractivity contribution is -0.137. The van der Waals surface area contributed by atoms with E-state index < -0.39 is 17.8 Å². The summed E-state index contributed by atoms with van der Waals surface area (Å²) in [5, 5.41) is 3.04. The molecule has 1 atom stereocenters. The Balaban J connectivity index is 1.53. The Bertz CT molecular complexity index is 1140. The third-order valence-corrected chi connectivity index (χ3v) is 6.10. The second-order valence-corrected chi connectivity index (χ2v) is 8.51. The summed E-state index contributed by atoms with van der Waals surface area (Å²) in [5.74, 6) is 0.932. The van der Waals surface area contributed by atoms with Crippen LogP contribution in [0.4, 0.5) is 24.7 Å². The fourth-order valence-electron chi connectivity index (χ4n) is 4.38. The van der Waals surface area contributed by atoms with Crippen molar-refractivity contribution in [1.82, 2.24) is 9.88 Å². The van der Waals surface area contributed by atoms with Gasteiger partial charge in [-0.3, -0.25) is 9.69 Å². The molecule has 36 heavy (non-hydrogen) atoms. The van der Waals surface area contributed by atoms with E-state index in [4.69, 9.17) is 4.74 Å². The number of nitrogens with zero attached hydrogens (tertiary/aromatic N) is 3. The van der Waals surface area contributed by atoms with E-state index in [1.807, 2.05) is 66.4 Å². The highest BCUT2D eigenvalue weighted by atomic mass is 19.4. The molecule has 1 saturated heterocycles. The molecule has 2 heterocycles. The zero-order chi connectivity index (χ0) is 25.5. The number of rotatable bonds is 7. The van der Waals surface area contributed by atoms with Crippen LogP contribution in [-0.2, 0) is 11.0 Å². The maximum absolute atomic E-state index is 13.6. The summed E-state index contributed by atoms with van der Waals surface area (Å²) in [6, 6.07) is 18.8. The van der Waals surface area contributed by atoms with E-state index in [-0.39, 0.29) is 5.91 Å². The van der Waals surface area contributed by atoms with E-state index in [2.05, 4.69) is 15.2 Å². The Hall–Kier alpha value is -3.59. The lowest BCUT2D eigenvalue weighted by Crippen LogP contribution is -2.39. The van der Waals surface area contributed by atoms with E-state index in [0.717, 1.165) is 24.2 Å². The van der Waals surface area contributed by atoms with Crippen LogP contribution in [0.1, 0.15) is 30.5 Å². The molecule has 1 aliphatic heterocycles. The van der Waals surface area contributed by atoms with Gasteiger partial charge in [-0.15, -0.1) is 0 Å². The highest BCUT2D eigenvalue weighted by molar-refractivity contribution is 5.96. The van der Waals surface area contributed by atoms with Crippen molar-refractivity contribution in [1.29, 1.82) is 0 Å². The number of amides is 1. The quantitative estimate of drug-likeness (QED) is 0.473. The molecule has 2 aromatic carbocycles. The third-order valence-electron chi connectivity index (χ3n) is 6.10. The predicted octanol–water partition coefficient (Wildman–Crippen LogP) is 5.39. The summed E-state index contributed by atoms with van der Waals surface area (Å²) in [5.41, 5.74) is 0.705. The van der Waals surface area contributed by atoms with Crippen LogP contribution in [0.5, 0.6) is 5.75 Å². The van der Waals surface area contributed by atoms with Crippen molar-refractivity contribution in [3.63, 3.8) is 0 Å². The molecule has 190 valence electrons. The number of aromatic nitrogens is 1. The average molecular weight is 499 g/mol. The maximum atomic E-state index is 13.6. The molecule has 0 aliphatic carbocycles. The van der Waals surface area contributed by atoms with Crippen LogP contribution >= 0.6 is 0 Å². The Morgan fingerprint density at radius 2 is 1.75 bits per heavy atom. The molecule has 6 nitrogen and oxygen atoms in total. The summed E-state index contributed by atoms with van der Waals surface area (Å²) in [4.78, 5) is 21.7. The molecule has 0 saturated carbocycles. The summed E-state index contributed by atoms with van der Waals surface area (Å²) in [6.07, 6.45) is -2.82. The van der Waals surface area contributed by atoms with Gasteiger partial charge in [-0.05, 0) is 43.2 Å². The van der Waals surface area contributed by atoms with E-state index in [1.54, 1.807) is 0 Å². The molecule has 1 N–H and O–H groups in total. The molecular formula is C27H29F3N4O2. The molecule has 1 unspecified atom stereocenters. The van der Waals surface area contributed by atoms with Crippen LogP contribution in [0.2, 0.25) is 0 Å². The van der Waals surface area contributed by atoms with Crippen molar-refractivity contribution >= 4 is 17.4 Å². The van der Waals surface area contributed by atoms with Gasteiger partial charge in [0.2, 0.25) is 5.91 Å². The van der Waals surface area contributed by atoms with Crippen LogP contribution < -0.4 is 15.0 Å². The second kappa shape index (κ2) is 11.4. The summed E-state index contributed by atoms with van der Waals surface area (Å²) in [6.45, 7) is 4.73. The zero-order valence-electron chi connectivity index (χ0n) is 20.0. The van der Waals surface area contributed by atoms with Gasteiger partial charge in [-0.1, -0.05) is 42.5 Å². The van der Waals surface area contributed by atoms with Gasteiger partial charge in [0.25, 0.3) is 0 Å². The minimum absolute atomic E-state index is 0.172. The molecule has 0 radical (unpaired) electrons. The van der Waals surface area contributed by atoms with Gasteiger partial charge >= 0.3 is 6.18 Å². The van der Waals surface area contributed by atoms with Crippen molar-refractivity contribution in [2.75, 3.05) is 43.0 Å². The fraction of sp³-hybridized carbons (Fsp3) is 0.333. The van der Waals surface area contributed by atoms with Crippen molar-refractivity contribution in [3.05, 3.63) is 84.1 Å². The van der Waals surface area contributed by atoms with Crippen molar-refractivity contribution in [2.24, 2.45) is 0 Å². The highest BCUT2D eigenvalue weighted by Gasteiger charge is 2.32. The molecule has 9 heteroatoms. The number of pyridine rings is 1. The van der Waals surface area contributed by atoms with Gasteiger partial charge in [0, 0.05) is 32.4 Å². The number of hydrogen-bond acceptors (Lipinski definition) is 5. The number of nitrogens with one attached hydrogen (secondary N) is 1. The standard InChI is InChI=1S/C27H29F3N4O2/c1-2-36-23-12-7-6-11-22(23)32-26(35)25(20-9-4-3-5-10-20)34-16-8-15-33(17-18-34)24-14-13-21(19-31-24)27(28,29)30/h3-7,9-14,19,25H,2,8,15-18H2,1H3,(H,32,35). The van der Waals surface area contributed by atoms with Gasteiger partial charge in [0.05, 0.1) is 17.9 Å². The van der Waals surface area contributed by atoms with E-state index >= 15 is 0 Å². The maximum Gasteiger partial charge on any atom is 0.417 e. The third kappa shape index (κ3) is 6.15. The molecule has 3 aromatic rings. The normalized spacial score (nSPS) is 15.7.